The van der Waals surface area contributed by atoms with Gasteiger partial charge in [-0.1, -0.05) is 47.5 Å². The summed E-state index contributed by atoms with van der Waals surface area (Å²) >= 11 is 15.8. The third-order valence-corrected chi connectivity index (χ3v) is 6.66. The number of primary sulfonamides is 1. The van der Waals surface area contributed by atoms with E-state index in [-0.39, 0.29) is 4.90 Å². The zero-order chi connectivity index (χ0) is 21.5. The first-order valence-electron chi connectivity index (χ1n) is 8.68. The van der Waals surface area contributed by atoms with E-state index in [0.717, 1.165) is 21.3 Å². The van der Waals surface area contributed by atoms with E-state index in [4.69, 9.17) is 33.4 Å². The Balaban J connectivity index is 1.93. The van der Waals surface area contributed by atoms with Crippen molar-refractivity contribution in [3.8, 4) is 28.2 Å². The van der Waals surface area contributed by atoms with Gasteiger partial charge < -0.3 is 0 Å². The van der Waals surface area contributed by atoms with Crippen LogP contribution in [0.1, 0.15) is 0 Å². The second kappa shape index (κ2) is 8.17. The van der Waals surface area contributed by atoms with Gasteiger partial charge in [-0.15, -0.1) is 0 Å². The summed E-state index contributed by atoms with van der Waals surface area (Å²) in [5.41, 5.74) is 3.94. The lowest BCUT2D eigenvalue weighted by Gasteiger charge is -2.09. The maximum atomic E-state index is 11.6. The lowest BCUT2D eigenvalue weighted by Crippen LogP contribution is -2.12. The van der Waals surface area contributed by atoms with Gasteiger partial charge in [-0.2, -0.15) is 5.10 Å². The maximum absolute atomic E-state index is 11.6. The van der Waals surface area contributed by atoms with Gasteiger partial charge in [0.05, 0.1) is 20.7 Å². The zero-order valence-electron chi connectivity index (χ0n) is 15.3. The molecule has 0 aliphatic rings. The van der Waals surface area contributed by atoms with E-state index in [1.165, 1.54) is 12.1 Å². The van der Waals surface area contributed by atoms with Crippen molar-refractivity contribution in [3.63, 3.8) is 0 Å². The summed E-state index contributed by atoms with van der Waals surface area (Å²) in [5, 5.41) is 11.3. The number of aromatic nitrogens is 2. The number of hydrogen-bond donors (Lipinski definition) is 1. The summed E-state index contributed by atoms with van der Waals surface area (Å²) in [4.78, 5) is 0.0310. The van der Waals surface area contributed by atoms with E-state index in [9.17, 15) is 8.42 Å². The van der Waals surface area contributed by atoms with Crippen molar-refractivity contribution in [3.05, 3.63) is 87.3 Å². The first-order valence-corrected chi connectivity index (χ1v) is 11.8. The molecule has 0 atom stereocenters. The predicted molar refractivity (Wildman–Crippen MR) is 124 cm³/mol. The Morgan fingerprint density at radius 1 is 0.800 bits per heavy atom. The minimum absolute atomic E-state index is 0.0310. The van der Waals surface area contributed by atoms with Gasteiger partial charge in [0.25, 0.3) is 0 Å². The predicted octanol–water partition coefficient (Wildman–Crippen LogP) is 5.92. The molecule has 0 spiro atoms. The number of nitrogens with two attached hydrogens (primary N) is 1. The summed E-state index contributed by atoms with van der Waals surface area (Å²) in [6.07, 6.45) is 0. The average molecular weight is 523 g/mol. The molecule has 0 amide bonds. The molecule has 4 rings (SSSR count). The van der Waals surface area contributed by atoms with Crippen LogP contribution in [0.15, 0.2) is 82.2 Å². The number of rotatable bonds is 4. The van der Waals surface area contributed by atoms with Crippen LogP contribution in [-0.4, -0.2) is 18.2 Å². The van der Waals surface area contributed by atoms with Crippen LogP contribution in [0.3, 0.4) is 0 Å². The lowest BCUT2D eigenvalue weighted by molar-refractivity contribution is 0.598. The highest BCUT2D eigenvalue weighted by Gasteiger charge is 2.20. The molecule has 3 aromatic carbocycles. The minimum Gasteiger partial charge on any atom is -0.231 e. The van der Waals surface area contributed by atoms with Gasteiger partial charge in [-0.3, -0.25) is 0 Å². The highest BCUT2D eigenvalue weighted by atomic mass is 79.9. The normalized spacial score (nSPS) is 11.6. The van der Waals surface area contributed by atoms with Crippen molar-refractivity contribution in [2.24, 2.45) is 5.14 Å². The Bertz CT molecular complexity index is 1320. The minimum atomic E-state index is -3.78. The molecule has 0 aliphatic heterocycles. The molecule has 0 fully saturated rings. The van der Waals surface area contributed by atoms with Crippen LogP contribution < -0.4 is 5.14 Å². The third kappa shape index (κ3) is 4.17. The van der Waals surface area contributed by atoms with Crippen LogP contribution in [0.25, 0.3) is 28.2 Å². The quantitative estimate of drug-likeness (QED) is 0.361. The Morgan fingerprint density at radius 3 is 1.80 bits per heavy atom. The van der Waals surface area contributed by atoms with E-state index in [2.05, 4.69) is 15.9 Å². The van der Waals surface area contributed by atoms with Crippen molar-refractivity contribution in [1.29, 1.82) is 0 Å². The van der Waals surface area contributed by atoms with Crippen molar-refractivity contribution in [2.75, 3.05) is 0 Å². The van der Waals surface area contributed by atoms with E-state index in [1.807, 2.05) is 24.3 Å². The molecular formula is C21H14BrCl2N3O2S. The molecule has 152 valence electrons. The molecule has 2 N–H and O–H groups in total. The summed E-state index contributed by atoms with van der Waals surface area (Å²) in [6.45, 7) is 0. The van der Waals surface area contributed by atoms with Crippen molar-refractivity contribution in [2.45, 2.75) is 4.90 Å². The summed E-state index contributed by atoms with van der Waals surface area (Å²) < 4.78 is 25.7. The van der Waals surface area contributed by atoms with E-state index in [1.54, 1.807) is 41.1 Å². The Kier molecular flexibility index (Phi) is 5.74. The maximum Gasteiger partial charge on any atom is 0.238 e. The van der Waals surface area contributed by atoms with E-state index in [0.29, 0.717) is 21.4 Å². The van der Waals surface area contributed by atoms with Gasteiger partial charge in [0.2, 0.25) is 10.0 Å². The molecule has 0 saturated heterocycles. The number of nitrogens with zero attached hydrogens (tertiary/aromatic N) is 2. The third-order valence-electron chi connectivity index (χ3n) is 4.47. The van der Waals surface area contributed by atoms with Crippen LogP contribution in [0.5, 0.6) is 0 Å². The molecule has 1 heterocycles. The molecule has 0 unspecified atom stereocenters. The topological polar surface area (TPSA) is 78.0 Å². The average Bonchev–Trinajstić information content (AvgIpc) is 3.06. The van der Waals surface area contributed by atoms with Gasteiger partial charge >= 0.3 is 0 Å². The monoisotopic (exact) mass is 521 g/mol. The number of halogens is 3. The van der Waals surface area contributed by atoms with Gasteiger partial charge in [0.1, 0.15) is 5.69 Å². The van der Waals surface area contributed by atoms with Crippen LogP contribution in [-0.2, 0) is 10.0 Å². The Hall–Kier alpha value is -2.16. The number of hydrogen-bond acceptors (Lipinski definition) is 3. The Labute approximate surface area is 192 Å². The van der Waals surface area contributed by atoms with Gasteiger partial charge in [-0.05, 0) is 64.5 Å². The highest BCUT2D eigenvalue weighted by Crippen LogP contribution is 2.38. The van der Waals surface area contributed by atoms with Gasteiger partial charge in [0, 0.05) is 21.2 Å². The van der Waals surface area contributed by atoms with Crippen LogP contribution in [0.2, 0.25) is 10.0 Å². The SMILES string of the molecule is NS(=O)(=O)c1ccc(-n2nc(-c3ccc(Cl)cc3)c(Br)c2-c2ccc(Cl)cc2)cc1. The van der Waals surface area contributed by atoms with Crippen molar-refractivity contribution in [1.82, 2.24) is 9.78 Å². The van der Waals surface area contributed by atoms with Crippen molar-refractivity contribution >= 4 is 49.2 Å². The molecule has 0 radical (unpaired) electrons. The second-order valence-corrected chi connectivity index (χ2v) is 9.70. The lowest BCUT2D eigenvalue weighted by atomic mass is 10.1. The molecule has 0 saturated carbocycles. The fraction of sp³-hybridized carbons (Fsp3) is 0. The highest BCUT2D eigenvalue weighted by molar-refractivity contribution is 9.10. The smallest absolute Gasteiger partial charge is 0.231 e. The molecule has 9 heteroatoms. The number of benzene rings is 3. The fourth-order valence-corrected chi connectivity index (χ4v) is 4.48. The Morgan fingerprint density at radius 2 is 1.30 bits per heavy atom. The standard InChI is InChI=1S/C21H14BrCl2N3O2S/c22-19-20(13-1-5-15(23)6-2-13)26-27(21(19)14-3-7-16(24)8-4-14)17-9-11-18(12-10-17)30(25,28)29/h1-12H,(H2,25,28,29). The molecule has 0 bridgehead atoms. The van der Waals surface area contributed by atoms with Crippen LogP contribution >= 0.6 is 39.1 Å². The molecular weight excluding hydrogens is 509 g/mol. The summed E-state index contributed by atoms with van der Waals surface area (Å²) in [5.74, 6) is 0. The first kappa shape index (κ1) is 21.1. The van der Waals surface area contributed by atoms with Gasteiger partial charge in [-0.25, -0.2) is 18.2 Å². The number of sulfonamides is 1. The molecule has 5 nitrogen and oxygen atoms in total. The molecule has 4 aromatic rings. The molecule has 30 heavy (non-hydrogen) atoms. The van der Waals surface area contributed by atoms with Crippen LogP contribution in [0.4, 0.5) is 0 Å². The van der Waals surface area contributed by atoms with Crippen LogP contribution in [0, 0.1) is 0 Å². The molecule has 0 aliphatic carbocycles. The second-order valence-electron chi connectivity index (χ2n) is 6.48. The van der Waals surface area contributed by atoms with E-state index < -0.39 is 10.0 Å². The largest absolute Gasteiger partial charge is 0.238 e. The van der Waals surface area contributed by atoms with Gasteiger partial charge in [0.15, 0.2) is 0 Å². The first-order chi connectivity index (χ1) is 14.2. The zero-order valence-corrected chi connectivity index (χ0v) is 19.2. The summed E-state index contributed by atoms with van der Waals surface area (Å²) in [6, 6.07) is 21.0. The summed E-state index contributed by atoms with van der Waals surface area (Å²) in [7, 11) is -3.78. The van der Waals surface area contributed by atoms with E-state index >= 15 is 0 Å². The van der Waals surface area contributed by atoms with Crippen molar-refractivity contribution < 1.29 is 8.42 Å². The fourth-order valence-electron chi connectivity index (χ4n) is 3.01. The molecule has 1 aromatic heterocycles.